The highest BCUT2D eigenvalue weighted by Gasteiger charge is 2.60. The van der Waals surface area contributed by atoms with E-state index in [0.717, 1.165) is 12.3 Å². The molecule has 2 aliphatic rings. The minimum absolute atomic E-state index is 0.0313. The summed E-state index contributed by atoms with van der Waals surface area (Å²) in [5.41, 5.74) is 0.601. The van der Waals surface area contributed by atoms with Crippen LogP contribution in [0.25, 0.3) is 0 Å². The Balaban J connectivity index is 2.40. The molecule has 1 heteroatoms. The average molecular weight is 154 g/mol. The van der Waals surface area contributed by atoms with Crippen LogP contribution in [-0.4, -0.2) is 11.2 Å². The van der Waals surface area contributed by atoms with Crippen molar-refractivity contribution in [3.63, 3.8) is 0 Å². The first kappa shape index (κ1) is 7.60. The van der Waals surface area contributed by atoms with Crippen molar-refractivity contribution in [1.29, 1.82) is 0 Å². The second-order valence-corrected chi connectivity index (χ2v) is 5.13. The molecule has 1 N–H and O–H groups in total. The molecule has 0 aromatic carbocycles. The van der Waals surface area contributed by atoms with Gasteiger partial charge in [-0.2, -0.15) is 0 Å². The van der Waals surface area contributed by atoms with E-state index in [4.69, 9.17) is 0 Å². The van der Waals surface area contributed by atoms with Gasteiger partial charge in [0.2, 0.25) is 0 Å². The Morgan fingerprint density at radius 2 is 1.91 bits per heavy atom. The van der Waals surface area contributed by atoms with E-state index in [1.165, 1.54) is 12.8 Å². The predicted octanol–water partition coefficient (Wildman–Crippen LogP) is 2.19. The molecule has 2 aliphatic carbocycles. The van der Waals surface area contributed by atoms with Gasteiger partial charge in [-0.3, -0.25) is 0 Å². The maximum atomic E-state index is 9.81. The summed E-state index contributed by atoms with van der Waals surface area (Å²) < 4.78 is 0. The van der Waals surface area contributed by atoms with E-state index >= 15 is 0 Å². The lowest BCUT2D eigenvalue weighted by atomic mass is 9.70. The molecule has 1 unspecified atom stereocenters. The Bertz CT molecular complexity index is 185. The molecule has 11 heavy (non-hydrogen) atoms. The maximum Gasteiger partial charge on any atom is 0.0601 e. The predicted molar refractivity (Wildman–Crippen MR) is 45.2 cm³/mol. The largest absolute Gasteiger partial charge is 0.393 e. The topological polar surface area (TPSA) is 20.2 Å². The Kier molecular flexibility index (Phi) is 1.26. The van der Waals surface area contributed by atoms with E-state index < -0.39 is 0 Å². The molecule has 0 radical (unpaired) electrons. The molecular formula is C10H18O. The summed E-state index contributed by atoms with van der Waals surface area (Å²) in [4.78, 5) is 0. The standard InChI is InChI=1S/C10H18O/c1-9(2)7-4-5-10(9,3)8(11)6-7/h7-8,11H,4-6H2,1-3H3/t7?,8-,10+/m0/s1. The summed E-state index contributed by atoms with van der Waals surface area (Å²) in [6, 6.07) is 0. The Hall–Kier alpha value is -0.0400. The van der Waals surface area contributed by atoms with Gasteiger partial charge in [0.15, 0.2) is 0 Å². The summed E-state index contributed by atoms with van der Waals surface area (Å²) in [5.74, 6) is 0.780. The van der Waals surface area contributed by atoms with Crippen LogP contribution in [0.3, 0.4) is 0 Å². The van der Waals surface area contributed by atoms with Crippen LogP contribution in [0.2, 0.25) is 0 Å². The summed E-state index contributed by atoms with van der Waals surface area (Å²) in [7, 11) is 0. The number of rotatable bonds is 0. The van der Waals surface area contributed by atoms with Crippen molar-refractivity contribution in [3.05, 3.63) is 0 Å². The van der Waals surface area contributed by atoms with Gasteiger partial charge in [-0.15, -0.1) is 0 Å². The van der Waals surface area contributed by atoms with Crippen molar-refractivity contribution in [2.75, 3.05) is 0 Å². The zero-order valence-electron chi connectivity index (χ0n) is 7.72. The van der Waals surface area contributed by atoms with Crippen molar-refractivity contribution in [2.45, 2.75) is 46.1 Å². The van der Waals surface area contributed by atoms with Crippen molar-refractivity contribution >= 4 is 0 Å². The molecule has 64 valence electrons. The summed E-state index contributed by atoms with van der Waals surface area (Å²) in [6.07, 6.45) is 3.58. The lowest BCUT2D eigenvalue weighted by Crippen LogP contribution is -2.35. The Labute approximate surface area is 68.8 Å². The van der Waals surface area contributed by atoms with E-state index in [1.54, 1.807) is 0 Å². The summed E-state index contributed by atoms with van der Waals surface area (Å²) >= 11 is 0. The van der Waals surface area contributed by atoms with Crippen LogP contribution in [0.15, 0.2) is 0 Å². The molecule has 3 atom stereocenters. The highest BCUT2D eigenvalue weighted by molar-refractivity contribution is 5.10. The molecule has 0 spiro atoms. The molecule has 2 fully saturated rings. The summed E-state index contributed by atoms with van der Waals surface area (Å²) in [6.45, 7) is 6.90. The van der Waals surface area contributed by atoms with Gasteiger partial charge in [0.05, 0.1) is 6.10 Å². The number of aliphatic hydroxyl groups is 1. The Morgan fingerprint density at radius 3 is 2.09 bits per heavy atom. The number of hydrogen-bond donors (Lipinski definition) is 1. The van der Waals surface area contributed by atoms with Crippen LogP contribution in [0.4, 0.5) is 0 Å². The third-order valence-electron chi connectivity index (χ3n) is 4.75. The third-order valence-corrected chi connectivity index (χ3v) is 4.75. The fraction of sp³-hybridized carbons (Fsp3) is 1.00. The summed E-state index contributed by atoms with van der Waals surface area (Å²) in [5, 5.41) is 9.81. The van der Waals surface area contributed by atoms with Gasteiger partial charge < -0.3 is 5.11 Å². The first-order valence-corrected chi connectivity index (χ1v) is 4.66. The molecule has 1 nitrogen and oxygen atoms in total. The van der Waals surface area contributed by atoms with Crippen molar-refractivity contribution in [3.8, 4) is 0 Å². The van der Waals surface area contributed by atoms with E-state index in [0.29, 0.717) is 5.41 Å². The number of aliphatic hydroxyl groups excluding tert-OH is 1. The number of hydrogen-bond acceptors (Lipinski definition) is 1. The molecular weight excluding hydrogens is 136 g/mol. The van der Waals surface area contributed by atoms with Crippen LogP contribution in [-0.2, 0) is 0 Å². The van der Waals surface area contributed by atoms with Gasteiger partial charge in [-0.25, -0.2) is 0 Å². The quantitative estimate of drug-likeness (QED) is 0.567. The van der Waals surface area contributed by atoms with E-state index in [9.17, 15) is 5.11 Å². The molecule has 0 aromatic heterocycles. The first-order chi connectivity index (χ1) is 4.98. The lowest BCUT2D eigenvalue weighted by molar-refractivity contribution is 0.0126. The zero-order valence-corrected chi connectivity index (χ0v) is 7.72. The van der Waals surface area contributed by atoms with E-state index in [2.05, 4.69) is 20.8 Å². The molecule has 0 heterocycles. The molecule has 0 aliphatic heterocycles. The van der Waals surface area contributed by atoms with Crippen LogP contribution in [0.1, 0.15) is 40.0 Å². The highest BCUT2D eigenvalue weighted by atomic mass is 16.3. The van der Waals surface area contributed by atoms with Gasteiger partial charge >= 0.3 is 0 Å². The van der Waals surface area contributed by atoms with Crippen LogP contribution < -0.4 is 0 Å². The smallest absolute Gasteiger partial charge is 0.0601 e. The fourth-order valence-electron chi connectivity index (χ4n) is 3.16. The van der Waals surface area contributed by atoms with Crippen molar-refractivity contribution < 1.29 is 5.11 Å². The molecule has 2 rings (SSSR count). The van der Waals surface area contributed by atoms with Gasteiger partial charge in [0.1, 0.15) is 0 Å². The van der Waals surface area contributed by atoms with Crippen LogP contribution >= 0.6 is 0 Å². The number of fused-ring (bicyclic) bond motifs is 2. The van der Waals surface area contributed by atoms with Crippen LogP contribution in [0.5, 0.6) is 0 Å². The molecule has 0 amide bonds. The Morgan fingerprint density at radius 1 is 1.27 bits per heavy atom. The van der Waals surface area contributed by atoms with Gasteiger partial charge in [-0.05, 0) is 36.0 Å². The van der Waals surface area contributed by atoms with E-state index in [-0.39, 0.29) is 11.5 Å². The average Bonchev–Trinajstić information content (AvgIpc) is 2.20. The van der Waals surface area contributed by atoms with Crippen molar-refractivity contribution in [2.24, 2.45) is 16.7 Å². The normalized spacial score (nSPS) is 53.5. The van der Waals surface area contributed by atoms with Gasteiger partial charge in [0, 0.05) is 0 Å². The third kappa shape index (κ3) is 0.658. The molecule has 2 saturated carbocycles. The second-order valence-electron chi connectivity index (χ2n) is 5.13. The van der Waals surface area contributed by atoms with Gasteiger partial charge in [-0.1, -0.05) is 20.8 Å². The zero-order chi connectivity index (χ0) is 8.28. The van der Waals surface area contributed by atoms with Gasteiger partial charge in [0.25, 0.3) is 0 Å². The van der Waals surface area contributed by atoms with E-state index in [1.807, 2.05) is 0 Å². The molecule has 2 bridgehead atoms. The molecule has 0 aromatic rings. The second kappa shape index (κ2) is 1.82. The fourth-order valence-corrected chi connectivity index (χ4v) is 3.16. The minimum Gasteiger partial charge on any atom is -0.393 e. The SMILES string of the molecule is CC1(C)C2CC[C@]1(C)[C@@H](O)C2. The van der Waals surface area contributed by atoms with Crippen LogP contribution in [0, 0.1) is 16.7 Å². The minimum atomic E-state index is -0.0313. The highest BCUT2D eigenvalue weighted by Crippen LogP contribution is 2.65. The monoisotopic (exact) mass is 154 g/mol. The molecule has 0 saturated heterocycles. The first-order valence-electron chi connectivity index (χ1n) is 4.66. The lowest BCUT2D eigenvalue weighted by Gasteiger charge is -2.36. The maximum absolute atomic E-state index is 9.81. The van der Waals surface area contributed by atoms with Crippen molar-refractivity contribution in [1.82, 2.24) is 0 Å².